The van der Waals surface area contributed by atoms with Crippen molar-refractivity contribution in [2.75, 3.05) is 50.4 Å². The highest BCUT2D eigenvalue weighted by atomic mass is 32.2. The van der Waals surface area contributed by atoms with Crippen LogP contribution >= 0.6 is 0 Å². The summed E-state index contributed by atoms with van der Waals surface area (Å²) in [4.78, 5) is 27.3. The van der Waals surface area contributed by atoms with Crippen molar-refractivity contribution in [3.63, 3.8) is 0 Å². The number of amides is 1. The largest absolute Gasteiger partial charge is 0.383 e. The molecule has 10 heteroatoms. The molecule has 2 saturated heterocycles. The van der Waals surface area contributed by atoms with Crippen LogP contribution in [0.3, 0.4) is 0 Å². The number of amidine groups is 1. The second-order valence-corrected chi connectivity index (χ2v) is 9.81. The van der Waals surface area contributed by atoms with Gasteiger partial charge in [-0.25, -0.2) is 9.38 Å². The van der Waals surface area contributed by atoms with E-state index in [0.717, 1.165) is 37.6 Å². The molecule has 0 bridgehead atoms. The minimum Gasteiger partial charge on any atom is -0.383 e. The van der Waals surface area contributed by atoms with Gasteiger partial charge in [-0.2, -0.15) is 0 Å². The molecule has 0 saturated carbocycles. The zero-order valence-electron chi connectivity index (χ0n) is 18.2. The number of hydrogen-bond acceptors (Lipinski definition) is 5. The first kappa shape index (κ1) is 22.4. The maximum atomic E-state index is 13.5. The predicted octanol–water partition coefficient (Wildman–Crippen LogP) is 1.56. The molecule has 1 unspecified atom stereocenters. The van der Waals surface area contributed by atoms with E-state index in [1.54, 1.807) is 30.4 Å². The van der Waals surface area contributed by atoms with E-state index in [2.05, 4.69) is 19.8 Å². The number of benzene rings is 1. The van der Waals surface area contributed by atoms with Crippen molar-refractivity contribution in [1.82, 2.24) is 9.80 Å². The first-order chi connectivity index (χ1) is 15.4. The Morgan fingerprint density at radius 1 is 1.28 bits per heavy atom. The molecule has 0 spiro atoms. The van der Waals surface area contributed by atoms with Crippen molar-refractivity contribution < 1.29 is 14.8 Å². The Morgan fingerprint density at radius 3 is 2.78 bits per heavy atom. The summed E-state index contributed by atoms with van der Waals surface area (Å²) in [7, 11) is 0.548. The number of aliphatic imine (C=N–C) groups is 2. The Morgan fingerprint density at radius 2 is 2.06 bits per heavy atom. The molecule has 0 aliphatic carbocycles. The smallest absolute Gasteiger partial charge is 0.222 e. The fourth-order valence-corrected chi connectivity index (χ4v) is 5.48. The molecule has 2 fully saturated rings. The van der Waals surface area contributed by atoms with E-state index >= 15 is 0 Å². The highest BCUT2D eigenvalue weighted by Gasteiger charge is 2.28. The maximum Gasteiger partial charge on any atom is 0.222 e. The molecule has 2 atom stereocenters. The molecule has 1 aromatic carbocycles. The number of carbonyl (C=O) groups is 1. The molecule has 1 amide bonds. The van der Waals surface area contributed by atoms with Crippen LogP contribution < -0.4 is 10.6 Å². The van der Waals surface area contributed by atoms with Crippen LogP contribution in [0.4, 0.5) is 10.1 Å². The van der Waals surface area contributed by atoms with Gasteiger partial charge in [0.15, 0.2) is 0 Å². The van der Waals surface area contributed by atoms with Crippen molar-refractivity contribution in [3.8, 4) is 0 Å². The summed E-state index contributed by atoms with van der Waals surface area (Å²) in [6.45, 7) is 3.58. The van der Waals surface area contributed by atoms with Gasteiger partial charge < -0.3 is 20.4 Å². The minimum absolute atomic E-state index is 0. The summed E-state index contributed by atoms with van der Waals surface area (Å²) in [5.41, 5.74) is 7.85. The van der Waals surface area contributed by atoms with E-state index in [4.69, 9.17) is 5.73 Å². The number of carbonyl (C=O) groups excluding carboxylic acids is 1. The third-order valence-electron chi connectivity index (χ3n) is 6.03. The molecule has 3 heterocycles. The molecule has 8 nitrogen and oxygen atoms in total. The van der Waals surface area contributed by atoms with E-state index in [1.165, 1.54) is 6.07 Å². The molecule has 2 N–H and O–H groups in total. The molecular weight excluding hydrogens is 431 g/mol. The first-order valence-electron chi connectivity index (χ1n) is 10.9. The van der Waals surface area contributed by atoms with Crippen LogP contribution in [0, 0.1) is 5.82 Å². The summed E-state index contributed by atoms with van der Waals surface area (Å²) in [5, 5.41) is 0. The summed E-state index contributed by atoms with van der Waals surface area (Å²) in [5.74, 6) is 0.651. The van der Waals surface area contributed by atoms with Gasteiger partial charge in [0.25, 0.3) is 0 Å². The number of nitrogens with two attached hydrogens (primary N) is 1. The van der Waals surface area contributed by atoms with Crippen molar-refractivity contribution in [2.45, 2.75) is 25.3 Å². The van der Waals surface area contributed by atoms with E-state index in [9.17, 15) is 13.4 Å². The summed E-state index contributed by atoms with van der Waals surface area (Å²) in [6, 6.07) is 6.56. The number of likely N-dealkylation sites (tertiary alicyclic amines) is 1. The van der Waals surface area contributed by atoms with E-state index in [-0.39, 0.29) is 25.0 Å². The Hall–Kier alpha value is -2.75. The highest BCUT2D eigenvalue weighted by molar-refractivity contribution is 7.90. The van der Waals surface area contributed by atoms with Gasteiger partial charge in [-0.05, 0) is 24.6 Å². The van der Waals surface area contributed by atoms with Crippen molar-refractivity contribution in [3.05, 3.63) is 40.7 Å². The quantitative estimate of drug-likeness (QED) is 0.529. The molecular formula is C22H31FN6O2S. The van der Waals surface area contributed by atoms with Gasteiger partial charge in [-0.1, -0.05) is 6.07 Å². The van der Waals surface area contributed by atoms with Gasteiger partial charge in [0.1, 0.15) is 16.6 Å². The third-order valence-corrected chi connectivity index (χ3v) is 7.51. The normalized spacial score (nSPS) is 25.4. The summed E-state index contributed by atoms with van der Waals surface area (Å²) in [6.07, 6.45) is 3.49. The number of halogens is 1. The number of piperazine rings is 1. The fourth-order valence-electron chi connectivity index (χ4n) is 4.19. The number of nitrogens with zero attached hydrogens (tertiary/aromatic N) is 5. The molecule has 174 valence electrons. The monoisotopic (exact) mass is 462 g/mol. The van der Waals surface area contributed by atoms with Crippen molar-refractivity contribution >= 4 is 34.6 Å². The maximum absolute atomic E-state index is 13.5. The van der Waals surface area contributed by atoms with Gasteiger partial charge in [-0.3, -0.25) is 14.0 Å². The zero-order valence-corrected chi connectivity index (χ0v) is 19.1. The minimum atomic E-state index is -1.21. The molecule has 0 aromatic heterocycles. The topological polar surface area (TPSA) is 94.6 Å². The van der Waals surface area contributed by atoms with Crippen LogP contribution in [0.1, 0.15) is 20.7 Å². The zero-order chi connectivity index (χ0) is 22.7. The Labute approximate surface area is 191 Å². The second-order valence-electron chi connectivity index (χ2n) is 8.30. The molecule has 4 rings (SSSR count). The first-order valence-corrected chi connectivity index (χ1v) is 12.2. The van der Waals surface area contributed by atoms with Crippen LogP contribution in [0.25, 0.3) is 0 Å². The SMILES string of the molecule is CN1C[C@@H](N=C(N)C2=C(N=CN3CCN(c4cccc(F)c4)CC3)CCS2=O)CCC1=O.[HH]. The number of hydrogen-bond donors (Lipinski definition) is 1. The van der Waals surface area contributed by atoms with Gasteiger partial charge in [0, 0.05) is 65.5 Å². The lowest BCUT2D eigenvalue weighted by atomic mass is 10.1. The average molecular weight is 463 g/mol. The van der Waals surface area contributed by atoms with Crippen molar-refractivity contribution in [2.24, 2.45) is 15.7 Å². The van der Waals surface area contributed by atoms with Gasteiger partial charge >= 0.3 is 0 Å². The van der Waals surface area contributed by atoms with Crippen LogP contribution in [0.5, 0.6) is 0 Å². The number of rotatable bonds is 5. The standard InChI is InChI=1S/C22H29FN6O2S.H2/c1-27-14-17(5-6-20(27)30)26-22(24)21-19(7-12-32(21)31)25-15-28-8-10-29(11-9-28)18-4-2-3-16(23)13-18;/h2-4,13,15,17H,5-12,14H2,1H3,(H2,24,26);1H/t17-,32?;/m0./s1. The summed E-state index contributed by atoms with van der Waals surface area (Å²) < 4.78 is 26.1. The molecule has 0 radical (unpaired) electrons. The van der Waals surface area contributed by atoms with Gasteiger partial charge in [0.05, 0.1) is 28.9 Å². The third kappa shape index (κ3) is 5.17. The van der Waals surface area contributed by atoms with Crippen LogP contribution in [-0.2, 0) is 15.6 Å². The lowest BCUT2D eigenvalue weighted by Gasteiger charge is -2.35. The van der Waals surface area contributed by atoms with E-state index < -0.39 is 10.8 Å². The Kier molecular flexibility index (Phi) is 6.88. The van der Waals surface area contributed by atoms with Gasteiger partial charge in [-0.15, -0.1) is 0 Å². The second kappa shape index (κ2) is 9.81. The van der Waals surface area contributed by atoms with Crippen molar-refractivity contribution in [1.29, 1.82) is 0 Å². The number of allylic oxidation sites excluding steroid dienone is 1. The van der Waals surface area contributed by atoms with E-state index in [0.29, 0.717) is 36.5 Å². The molecule has 32 heavy (non-hydrogen) atoms. The van der Waals surface area contributed by atoms with E-state index in [1.807, 2.05) is 6.07 Å². The number of piperidine rings is 1. The average Bonchev–Trinajstić information content (AvgIpc) is 3.15. The molecule has 3 aliphatic heterocycles. The Bertz CT molecular complexity index is 993. The lowest BCUT2D eigenvalue weighted by molar-refractivity contribution is -0.132. The van der Waals surface area contributed by atoms with Gasteiger partial charge in [0.2, 0.25) is 5.91 Å². The predicted molar refractivity (Wildman–Crippen MR) is 128 cm³/mol. The highest BCUT2D eigenvalue weighted by Crippen LogP contribution is 2.25. The number of anilines is 1. The fraction of sp³-hybridized carbons (Fsp3) is 0.500. The van der Waals surface area contributed by atoms with Crippen LogP contribution in [0.15, 0.2) is 44.9 Å². The molecule has 3 aliphatic rings. The summed E-state index contributed by atoms with van der Waals surface area (Å²) >= 11 is 0. The molecule has 1 aromatic rings. The number of likely N-dealkylation sites (N-methyl/N-ethyl adjacent to an activating group) is 1. The Balaban J connectivity index is 0.00000306. The van der Waals surface area contributed by atoms with Crippen LogP contribution in [0.2, 0.25) is 0 Å². The van der Waals surface area contributed by atoms with Crippen LogP contribution in [-0.4, -0.2) is 83.7 Å². The lowest BCUT2D eigenvalue weighted by Crippen LogP contribution is -2.45.